The number of aryl methyl sites for hydroxylation is 1. The third-order valence-electron chi connectivity index (χ3n) is 3.64. The molecular formula is C17H17N5O2. The van der Waals surface area contributed by atoms with Crippen molar-refractivity contribution in [1.29, 1.82) is 0 Å². The van der Waals surface area contributed by atoms with Crippen molar-refractivity contribution in [2.45, 2.75) is 6.92 Å². The lowest BCUT2D eigenvalue weighted by Crippen LogP contribution is -2.07. The van der Waals surface area contributed by atoms with Gasteiger partial charge in [0.25, 0.3) is 0 Å². The summed E-state index contributed by atoms with van der Waals surface area (Å²) in [6.07, 6.45) is 0. The zero-order valence-corrected chi connectivity index (χ0v) is 13.6. The molecule has 24 heavy (non-hydrogen) atoms. The zero-order chi connectivity index (χ0) is 17.3. The van der Waals surface area contributed by atoms with Gasteiger partial charge in [0.15, 0.2) is 11.5 Å². The van der Waals surface area contributed by atoms with Gasteiger partial charge in [0.05, 0.1) is 5.69 Å². The Morgan fingerprint density at radius 3 is 2.46 bits per heavy atom. The van der Waals surface area contributed by atoms with E-state index in [1.807, 2.05) is 62.3 Å². The Morgan fingerprint density at radius 2 is 1.83 bits per heavy atom. The van der Waals surface area contributed by atoms with Gasteiger partial charge in [-0.2, -0.15) is 0 Å². The van der Waals surface area contributed by atoms with Gasteiger partial charge in [-0.05, 0) is 43.3 Å². The molecule has 0 radical (unpaired) electrons. The van der Waals surface area contributed by atoms with E-state index in [1.165, 1.54) is 0 Å². The van der Waals surface area contributed by atoms with Crippen molar-refractivity contribution < 1.29 is 9.90 Å². The third kappa shape index (κ3) is 2.83. The SMILES string of the molecule is Cc1cccc2nc(C(=O)O)c(N=Nc3ccc(N(C)C)cc3)n12. The van der Waals surface area contributed by atoms with Crippen LogP contribution in [0, 0.1) is 6.92 Å². The Bertz CT molecular complexity index is 926. The number of benzene rings is 1. The number of rotatable bonds is 4. The smallest absolute Gasteiger partial charge is 0.358 e. The number of anilines is 1. The third-order valence-corrected chi connectivity index (χ3v) is 3.64. The molecule has 0 spiro atoms. The molecule has 0 aliphatic heterocycles. The molecule has 1 aromatic carbocycles. The van der Waals surface area contributed by atoms with Crippen LogP contribution >= 0.6 is 0 Å². The molecule has 2 heterocycles. The van der Waals surface area contributed by atoms with Crippen molar-refractivity contribution in [3.05, 3.63) is 53.9 Å². The highest BCUT2D eigenvalue weighted by Gasteiger charge is 2.19. The molecule has 122 valence electrons. The topological polar surface area (TPSA) is 82.6 Å². The summed E-state index contributed by atoms with van der Waals surface area (Å²) < 4.78 is 1.68. The highest BCUT2D eigenvalue weighted by Crippen LogP contribution is 2.26. The first-order valence-corrected chi connectivity index (χ1v) is 7.38. The molecule has 0 bridgehead atoms. The van der Waals surface area contributed by atoms with Crippen molar-refractivity contribution in [1.82, 2.24) is 9.38 Å². The lowest BCUT2D eigenvalue weighted by molar-refractivity contribution is 0.0692. The number of nitrogens with zero attached hydrogens (tertiary/aromatic N) is 5. The molecule has 3 rings (SSSR count). The second kappa shape index (κ2) is 6.11. The molecule has 2 aromatic heterocycles. The maximum atomic E-state index is 11.5. The van der Waals surface area contributed by atoms with Gasteiger partial charge in [-0.1, -0.05) is 6.07 Å². The van der Waals surface area contributed by atoms with Crippen molar-refractivity contribution in [2.75, 3.05) is 19.0 Å². The monoisotopic (exact) mass is 323 g/mol. The predicted molar refractivity (Wildman–Crippen MR) is 91.8 cm³/mol. The van der Waals surface area contributed by atoms with E-state index in [0.29, 0.717) is 11.3 Å². The minimum absolute atomic E-state index is 0.113. The van der Waals surface area contributed by atoms with E-state index in [2.05, 4.69) is 15.2 Å². The molecule has 0 aliphatic carbocycles. The molecule has 7 nitrogen and oxygen atoms in total. The van der Waals surface area contributed by atoms with E-state index in [0.717, 1.165) is 11.4 Å². The average molecular weight is 323 g/mol. The first kappa shape index (κ1) is 15.7. The van der Waals surface area contributed by atoms with Gasteiger partial charge in [-0.15, -0.1) is 10.2 Å². The van der Waals surface area contributed by atoms with Gasteiger partial charge in [-0.25, -0.2) is 9.78 Å². The Hall–Kier alpha value is -3.22. The highest BCUT2D eigenvalue weighted by molar-refractivity contribution is 5.91. The summed E-state index contributed by atoms with van der Waals surface area (Å²) in [6.45, 7) is 1.87. The van der Waals surface area contributed by atoms with Crippen LogP contribution in [0.25, 0.3) is 5.65 Å². The van der Waals surface area contributed by atoms with Gasteiger partial charge < -0.3 is 10.0 Å². The van der Waals surface area contributed by atoms with E-state index in [1.54, 1.807) is 10.5 Å². The summed E-state index contributed by atoms with van der Waals surface area (Å²) >= 11 is 0. The van der Waals surface area contributed by atoms with Gasteiger partial charge >= 0.3 is 5.97 Å². The molecule has 0 atom stereocenters. The number of fused-ring (bicyclic) bond motifs is 1. The van der Waals surface area contributed by atoms with Crippen molar-refractivity contribution >= 4 is 28.8 Å². The molecule has 0 fully saturated rings. The number of aromatic nitrogens is 2. The number of pyridine rings is 1. The lowest BCUT2D eigenvalue weighted by atomic mass is 10.3. The number of carboxylic acid groups (broad SMARTS) is 1. The fourth-order valence-corrected chi connectivity index (χ4v) is 2.39. The standard InChI is InChI=1S/C17H17N5O2/c1-11-5-4-6-14-18-15(17(23)24)16(22(11)14)20-19-12-7-9-13(10-8-12)21(2)3/h4-10H,1-3H3,(H,23,24). The number of hydrogen-bond donors (Lipinski definition) is 1. The van der Waals surface area contributed by atoms with E-state index >= 15 is 0 Å². The molecule has 0 aliphatic rings. The normalized spacial score (nSPS) is 11.3. The van der Waals surface area contributed by atoms with Crippen LogP contribution in [0.2, 0.25) is 0 Å². The zero-order valence-electron chi connectivity index (χ0n) is 13.6. The molecule has 0 saturated heterocycles. The number of hydrogen-bond acceptors (Lipinski definition) is 5. The van der Waals surface area contributed by atoms with Crippen LogP contribution in [-0.2, 0) is 0 Å². The molecular weight excluding hydrogens is 306 g/mol. The molecule has 0 unspecified atom stereocenters. The number of carbonyl (C=O) groups is 1. The minimum atomic E-state index is -1.13. The lowest BCUT2D eigenvalue weighted by Gasteiger charge is -2.11. The summed E-state index contributed by atoms with van der Waals surface area (Å²) in [5.41, 5.74) is 2.94. The summed E-state index contributed by atoms with van der Waals surface area (Å²) in [5, 5.41) is 17.7. The van der Waals surface area contributed by atoms with E-state index in [4.69, 9.17) is 0 Å². The number of azo groups is 1. The Balaban J connectivity index is 2.05. The Kier molecular flexibility index (Phi) is 3.99. The van der Waals surface area contributed by atoms with Gasteiger partial charge in [0.2, 0.25) is 0 Å². The van der Waals surface area contributed by atoms with Gasteiger partial charge in [-0.3, -0.25) is 4.40 Å². The van der Waals surface area contributed by atoms with Crippen LogP contribution in [0.5, 0.6) is 0 Å². The maximum Gasteiger partial charge on any atom is 0.358 e. The second-order valence-electron chi connectivity index (χ2n) is 5.56. The van der Waals surface area contributed by atoms with Crippen LogP contribution < -0.4 is 4.90 Å². The highest BCUT2D eigenvalue weighted by atomic mass is 16.4. The largest absolute Gasteiger partial charge is 0.476 e. The van der Waals surface area contributed by atoms with Crippen LogP contribution in [0.3, 0.4) is 0 Å². The number of aromatic carboxylic acids is 1. The van der Waals surface area contributed by atoms with Crippen LogP contribution in [0.15, 0.2) is 52.7 Å². The molecule has 0 amide bonds. The average Bonchev–Trinajstić information content (AvgIpc) is 2.93. The molecule has 7 heteroatoms. The maximum absolute atomic E-state index is 11.5. The van der Waals surface area contributed by atoms with Crippen molar-refractivity contribution in [2.24, 2.45) is 10.2 Å². The summed E-state index contributed by atoms with van der Waals surface area (Å²) in [5.74, 6) is -0.915. The fourth-order valence-electron chi connectivity index (χ4n) is 2.39. The summed E-state index contributed by atoms with van der Waals surface area (Å²) in [7, 11) is 3.91. The quantitative estimate of drug-likeness (QED) is 0.740. The predicted octanol–water partition coefficient (Wildman–Crippen LogP) is 3.82. The molecule has 1 N–H and O–H groups in total. The van der Waals surface area contributed by atoms with Gasteiger partial charge in [0, 0.05) is 25.5 Å². The van der Waals surface area contributed by atoms with E-state index in [9.17, 15) is 9.90 Å². The van der Waals surface area contributed by atoms with E-state index in [-0.39, 0.29) is 11.5 Å². The van der Waals surface area contributed by atoms with E-state index < -0.39 is 5.97 Å². The number of imidazole rings is 1. The Labute approximate surface area is 138 Å². The number of carboxylic acids is 1. The summed E-state index contributed by atoms with van der Waals surface area (Å²) in [4.78, 5) is 17.6. The summed E-state index contributed by atoms with van der Waals surface area (Å²) in [6, 6.07) is 12.9. The molecule has 0 saturated carbocycles. The van der Waals surface area contributed by atoms with Crippen molar-refractivity contribution in [3.63, 3.8) is 0 Å². The first-order valence-electron chi connectivity index (χ1n) is 7.38. The Morgan fingerprint density at radius 1 is 1.12 bits per heavy atom. The van der Waals surface area contributed by atoms with Crippen LogP contribution in [0.1, 0.15) is 16.2 Å². The van der Waals surface area contributed by atoms with Crippen LogP contribution in [0.4, 0.5) is 17.2 Å². The van der Waals surface area contributed by atoms with Crippen molar-refractivity contribution in [3.8, 4) is 0 Å². The fraction of sp³-hybridized carbons (Fsp3) is 0.176. The minimum Gasteiger partial charge on any atom is -0.476 e. The first-order chi connectivity index (χ1) is 11.5. The molecule has 3 aromatic rings. The van der Waals surface area contributed by atoms with Crippen LogP contribution in [-0.4, -0.2) is 34.6 Å². The second-order valence-corrected chi connectivity index (χ2v) is 5.56. The van der Waals surface area contributed by atoms with Gasteiger partial charge in [0.1, 0.15) is 5.65 Å².